The first-order valence-corrected chi connectivity index (χ1v) is 8.84. The van der Waals surface area contributed by atoms with Crippen LogP contribution in [-0.2, 0) is 16.6 Å². The Labute approximate surface area is 134 Å². The van der Waals surface area contributed by atoms with Crippen LogP contribution in [-0.4, -0.2) is 19.5 Å². The van der Waals surface area contributed by atoms with Crippen molar-refractivity contribution in [3.8, 4) is 0 Å². The maximum atomic E-state index is 13.1. The van der Waals surface area contributed by atoms with Gasteiger partial charge in [-0.05, 0) is 42.1 Å². The summed E-state index contributed by atoms with van der Waals surface area (Å²) in [5.74, 6) is -0.563. The van der Waals surface area contributed by atoms with Gasteiger partial charge in [-0.25, -0.2) is 17.5 Å². The Bertz CT molecular complexity index is 919. The lowest BCUT2D eigenvalue weighted by Gasteiger charge is -2.08. The second-order valence-corrected chi connectivity index (χ2v) is 7.04. The molecule has 0 unspecified atom stereocenters. The van der Waals surface area contributed by atoms with Crippen molar-refractivity contribution in [2.75, 3.05) is 6.54 Å². The molecule has 6 heteroatoms. The van der Waals surface area contributed by atoms with Crippen LogP contribution >= 0.6 is 0 Å². The molecule has 0 saturated heterocycles. The van der Waals surface area contributed by atoms with Gasteiger partial charge in [-0.3, -0.25) is 0 Å². The molecule has 0 amide bonds. The van der Waals surface area contributed by atoms with E-state index in [1.54, 1.807) is 0 Å². The Morgan fingerprint density at radius 3 is 2.70 bits per heavy atom. The summed E-state index contributed by atoms with van der Waals surface area (Å²) in [7, 11) is -3.67. The average molecular weight is 332 g/mol. The smallest absolute Gasteiger partial charge is 0.240 e. The fourth-order valence-corrected chi connectivity index (χ4v) is 3.61. The summed E-state index contributed by atoms with van der Waals surface area (Å²) in [5.41, 5.74) is 1.13. The first-order chi connectivity index (χ1) is 11.1. The van der Waals surface area contributed by atoms with Gasteiger partial charge in [0, 0.05) is 24.8 Å². The van der Waals surface area contributed by atoms with E-state index in [1.165, 1.54) is 18.2 Å². The highest BCUT2D eigenvalue weighted by atomic mass is 32.2. The summed E-state index contributed by atoms with van der Waals surface area (Å²) < 4.78 is 41.9. The normalized spacial score (nSPS) is 11.9. The second-order valence-electron chi connectivity index (χ2n) is 5.28. The van der Waals surface area contributed by atoms with E-state index in [0.717, 1.165) is 17.0 Å². The molecule has 0 bridgehead atoms. The number of nitrogens with one attached hydrogen (secondary N) is 1. The van der Waals surface area contributed by atoms with E-state index < -0.39 is 15.8 Å². The number of aryl methyl sites for hydroxylation is 1. The van der Waals surface area contributed by atoms with Crippen LogP contribution < -0.4 is 4.72 Å². The van der Waals surface area contributed by atoms with E-state index in [1.807, 2.05) is 36.5 Å². The first-order valence-electron chi connectivity index (χ1n) is 7.35. The molecule has 0 aliphatic rings. The van der Waals surface area contributed by atoms with Crippen LogP contribution in [0.15, 0.2) is 65.7 Å². The molecule has 23 heavy (non-hydrogen) atoms. The predicted molar refractivity (Wildman–Crippen MR) is 88.1 cm³/mol. The zero-order valence-corrected chi connectivity index (χ0v) is 13.3. The number of halogens is 1. The van der Waals surface area contributed by atoms with E-state index in [4.69, 9.17) is 0 Å². The number of sulfonamides is 1. The molecule has 1 heterocycles. The monoisotopic (exact) mass is 332 g/mol. The molecule has 0 aliphatic heterocycles. The summed E-state index contributed by atoms with van der Waals surface area (Å²) in [5, 5.41) is 1.16. The van der Waals surface area contributed by atoms with Gasteiger partial charge < -0.3 is 4.57 Å². The molecule has 0 atom stereocenters. The number of fused-ring (bicyclic) bond motifs is 1. The first kappa shape index (κ1) is 15.7. The molecule has 0 radical (unpaired) electrons. The number of rotatable bonds is 6. The molecule has 3 rings (SSSR count). The fraction of sp³-hybridized carbons (Fsp3) is 0.176. The molecule has 2 aromatic carbocycles. The third kappa shape index (κ3) is 3.60. The molecule has 0 saturated carbocycles. The third-order valence-corrected chi connectivity index (χ3v) is 5.11. The van der Waals surface area contributed by atoms with Crippen LogP contribution in [0.1, 0.15) is 6.42 Å². The van der Waals surface area contributed by atoms with Gasteiger partial charge >= 0.3 is 0 Å². The molecule has 0 spiro atoms. The van der Waals surface area contributed by atoms with Crippen LogP contribution in [0.5, 0.6) is 0 Å². The van der Waals surface area contributed by atoms with Gasteiger partial charge in [0.05, 0.1) is 4.90 Å². The van der Waals surface area contributed by atoms with Crippen LogP contribution in [0.3, 0.4) is 0 Å². The fourth-order valence-electron chi connectivity index (χ4n) is 2.51. The van der Waals surface area contributed by atoms with E-state index in [9.17, 15) is 12.8 Å². The Balaban J connectivity index is 1.59. The van der Waals surface area contributed by atoms with Crippen molar-refractivity contribution in [2.45, 2.75) is 17.9 Å². The number of aromatic nitrogens is 1. The van der Waals surface area contributed by atoms with Crippen molar-refractivity contribution in [3.63, 3.8) is 0 Å². The van der Waals surface area contributed by atoms with E-state index in [2.05, 4.69) is 9.29 Å². The summed E-state index contributed by atoms with van der Waals surface area (Å²) >= 11 is 0. The minimum atomic E-state index is -3.67. The van der Waals surface area contributed by atoms with Crippen molar-refractivity contribution in [1.29, 1.82) is 0 Å². The number of nitrogens with zero attached hydrogens (tertiary/aromatic N) is 1. The number of hydrogen-bond acceptors (Lipinski definition) is 2. The summed E-state index contributed by atoms with van der Waals surface area (Å²) in [6.45, 7) is 1.00. The topological polar surface area (TPSA) is 51.1 Å². The largest absolute Gasteiger partial charge is 0.347 e. The van der Waals surface area contributed by atoms with E-state index in [0.29, 0.717) is 19.5 Å². The number of benzene rings is 2. The van der Waals surface area contributed by atoms with Gasteiger partial charge in [0.15, 0.2) is 0 Å². The van der Waals surface area contributed by atoms with Crippen LogP contribution in [0.25, 0.3) is 10.9 Å². The minimum absolute atomic E-state index is 0.0519. The highest BCUT2D eigenvalue weighted by molar-refractivity contribution is 7.89. The van der Waals surface area contributed by atoms with E-state index in [-0.39, 0.29) is 4.90 Å². The molecule has 4 nitrogen and oxygen atoms in total. The number of para-hydroxylation sites is 1. The zero-order chi connectivity index (χ0) is 16.3. The van der Waals surface area contributed by atoms with Crippen LogP contribution in [0, 0.1) is 5.82 Å². The van der Waals surface area contributed by atoms with Crippen molar-refractivity contribution in [3.05, 3.63) is 66.6 Å². The minimum Gasteiger partial charge on any atom is -0.347 e. The van der Waals surface area contributed by atoms with Crippen LogP contribution in [0.2, 0.25) is 0 Å². The SMILES string of the molecule is O=S(=O)(NCCCn1ccc2ccccc21)c1cccc(F)c1. The van der Waals surface area contributed by atoms with Crippen molar-refractivity contribution in [1.82, 2.24) is 9.29 Å². The Hall–Kier alpha value is -2.18. The van der Waals surface area contributed by atoms with Crippen molar-refractivity contribution < 1.29 is 12.8 Å². The van der Waals surface area contributed by atoms with Gasteiger partial charge in [0.1, 0.15) is 5.82 Å². The maximum Gasteiger partial charge on any atom is 0.240 e. The van der Waals surface area contributed by atoms with E-state index >= 15 is 0 Å². The lowest BCUT2D eigenvalue weighted by atomic mass is 10.2. The standard InChI is InChI=1S/C17H17FN2O2S/c18-15-6-3-7-16(13-15)23(21,22)19-10-4-11-20-12-9-14-5-1-2-8-17(14)20/h1-3,5-9,12-13,19H,4,10-11H2. The quantitative estimate of drug-likeness (QED) is 0.705. The van der Waals surface area contributed by atoms with Gasteiger partial charge in [0.25, 0.3) is 0 Å². The average Bonchev–Trinajstić information content (AvgIpc) is 2.95. The van der Waals surface area contributed by atoms with Gasteiger partial charge in [-0.15, -0.1) is 0 Å². The summed E-state index contributed by atoms with van der Waals surface area (Å²) in [4.78, 5) is -0.0519. The molecule has 0 fully saturated rings. The predicted octanol–water partition coefficient (Wildman–Crippen LogP) is 3.15. The molecule has 3 aromatic rings. The van der Waals surface area contributed by atoms with Crippen LogP contribution in [0.4, 0.5) is 4.39 Å². The highest BCUT2D eigenvalue weighted by Crippen LogP contribution is 2.15. The van der Waals surface area contributed by atoms with Gasteiger partial charge in [-0.1, -0.05) is 24.3 Å². The molecular weight excluding hydrogens is 315 g/mol. The molecular formula is C17H17FN2O2S. The molecule has 1 N–H and O–H groups in total. The molecule has 1 aromatic heterocycles. The summed E-state index contributed by atoms with van der Waals surface area (Å²) in [6, 6.07) is 15.1. The molecule has 120 valence electrons. The van der Waals surface area contributed by atoms with Crippen molar-refractivity contribution >= 4 is 20.9 Å². The third-order valence-electron chi connectivity index (χ3n) is 3.65. The molecule has 0 aliphatic carbocycles. The lowest BCUT2D eigenvalue weighted by molar-refractivity contribution is 0.569. The zero-order valence-electron chi connectivity index (χ0n) is 12.4. The highest BCUT2D eigenvalue weighted by Gasteiger charge is 2.13. The van der Waals surface area contributed by atoms with Gasteiger partial charge in [-0.2, -0.15) is 0 Å². The maximum absolute atomic E-state index is 13.1. The summed E-state index contributed by atoms with van der Waals surface area (Å²) in [6.07, 6.45) is 2.64. The van der Waals surface area contributed by atoms with Crippen molar-refractivity contribution in [2.24, 2.45) is 0 Å². The number of hydrogen-bond donors (Lipinski definition) is 1. The van der Waals surface area contributed by atoms with Gasteiger partial charge in [0.2, 0.25) is 10.0 Å². The second kappa shape index (κ2) is 6.52. The Kier molecular flexibility index (Phi) is 4.45. The Morgan fingerprint density at radius 1 is 1.04 bits per heavy atom. The Morgan fingerprint density at radius 2 is 1.87 bits per heavy atom. The lowest BCUT2D eigenvalue weighted by Crippen LogP contribution is -2.25.